The zero-order valence-corrected chi connectivity index (χ0v) is 15.4. The third-order valence-corrected chi connectivity index (χ3v) is 5.36. The third kappa shape index (κ3) is 5.47. The fraction of sp³-hybridized carbons (Fsp3) is 0.353. The Labute approximate surface area is 154 Å². The summed E-state index contributed by atoms with van der Waals surface area (Å²) in [4.78, 5) is 28.0. The lowest BCUT2D eigenvalue weighted by Gasteiger charge is -2.05. The second kappa shape index (κ2) is 8.35. The topological polar surface area (TPSA) is 80.3 Å². The van der Waals surface area contributed by atoms with Crippen LogP contribution >= 0.6 is 23.1 Å². The number of ether oxygens (including phenoxy) is 1. The largest absolute Gasteiger partial charge is 0.497 e. The minimum atomic E-state index is -0.0624. The number of thiazole rings is 1. The first-order valence-electron chi connectivity index (χ1n) is 7.91. The molecule has 2 aromatic rings. The fourth-order valence-corrected chi connectivity index (χ4v) is 3.64. The van der Waals surface area contributed by atoms with Crippen LogP contribution in [-0.4, -0.2) is 29.7 Å². The Morgan fingerprint density at radius 1 is 1.28 bits per heavy atom. The molecule has 0 spiro atoms. The number of hydrogen-bond donors (Lipinski definition) is 2. The van der Waals surface area contributed by atoms with E-state index in [4.69, 9.17) is 4.74 Å². The number of thioether (sulfide) groups is 1. The zero-order valence-electron chi connectivity index (χ0n) is 13.8. The van der Waals surface area contributed by atoms with Crippen LogP contribution in [0.2, 0.25) is 0 Å². The summed E-state index contributed by atoms with van der Waals surface area (Å²) in [5, 5.41) is 8.22. The van der Waals surface area contributed by atoms with Crippen molar-refractivity contribution in [3.63, 3.8) is 0 Å². The molecule has 0 aliphatic heterocycles. The molecule has 0 radical (unpaired) electrons. The molecule has 1 aromatic heterocycles. The maximum atomic E-state index is 12.0. The Morgan fingerprint density at radius 2 is 2.04 bits per heavy atom. The van der Waals surface area contributed by atoms with Gasteiger partial charge in [-0.1, -0.05) is 0 Å². The Bertz CT molecular complexity index is 742. The summed E-state index contributed by atoms with van der Waals surface area (Å²) in [6.07, 6.45) is 1.95. The first-order chi connectivity index (χ1) is 12.1. The van der Waals surface area contributed by atoms with E-state index >= 15 is 0 Å². The number of benzene rings is 1. The summed E-state index contributed by atoms with van der Waals surface area (Å²) in [5.41, 5.74) is 1.61. The maximum Gasteiger partial charge on any atom is 0.234 e. The Balaban J connectivity index is 1.39. The van der Waals surface area contributed by atoms with Crippen molar-refractivity contribution >= 4 is 45.7 Å². The normalized spacial score (nSPS) is 13.3. The molecular formula is C17H19N3O3S2. The van der Waals surface area contributed by atoms with Gasteiger partial charge in [0.05, 0.1) is 18.6 Å². The van der Waals surface area contributed by atoms with Gasteiger partial charge in [0.15, 0.2) is 5.13 Å². The number of nitrogens with zero attached hydrogens (tertiary/aromatic N) is 1. The number of amides is 2. The number of carbonyl (C=O) groups is 2. The molecule has 2 N–H and O–H groups in total. The standard InChI is InChI=1S/C17H19N3O3S2/c1-23-14-6-4-12(5-7-14)18-15(21)10-24-8-13-9-25-17(19-13)20-16(22)11-2-3-11/h4-7,9,11H,2-3,8,10H2,1H3,(H,18,21)(H,19,20,22). The Kier molecular flexibility index (Phi) is 5.93. The SMILES string of the molecule is COc1ccc(NC(=O)CSCc2csc(NC(=O)C3CC3)n2)cc1. The van der Waals surface area contributed by atoms with Crippen LogP contribution in [0, 0.1) is 5.92 Å². The number of hydrogen-bond acceptors (Lipinski definition) is 6. The first-order valence-corrected chi connectivity index (χ1v) is 9.94. The maximum absolute atomic E-state index is 12.0. The van der Waals surface area contributed by atoms with E-state index in [-0.39, 0.29) is 17.7 Å². The van der Waals surface area contributed by atoms with Crippen molar-refractivity contribution in [2.75, 3.05) is 23.5 Å². The number of carbonyl (C=O) groups excluding carboxylic acids is 2. The predicted molar refractivity (Wildman–Crippen MR) is 101 cm³/mol. The number of aromatic nitrogens is 1. The lowest BCUT2D eigenvalue weighted by atomic mass is 10.3. The number of nitrogens with one attached hydrogen (secondary N) is 2. The van der Waals surface area contributed by atoms with Gasteiger partial charge in [0, 0.05) is 22.7 Å². The molecule has 0 bridgehead atoms. The van der Waals surface area contributed by atoms with E-state index < -0.39 is 0 Å². The Hall–Kier alpha value is -2.06. The van der Waals surface area contributed by atoms with E-state index in [1.165, 1.54) is 23.1 Å². The van der Waals surface area contributed by atoms with E-state index in [2.05, 4.69) is 15.6 Å². The van der Waals surface area contributed by atoms with Crippen molar-refractivity contribution in [1.29, 1.82) is 0 Å². The van der Waals surface area contributed by atoms with Crippen LogP contribution in [0.15, 0.2) is 29.6 Å². The van der Waals surface area contributed by atoms with Crippen molar-refractivity contribution in [2.24, 2.45) is 5.92 Å². The van der Waals surface area contributed by atoms with Crippen LogP contribution in [0.1, 0.15) is 18.5 Å². The van der Waals surface area contributed by atoms with Crippen molar-refractivity contribution in [3.05, 3.63) is 35.3 Å². The molecule has 1 heterocycles. The summed E-state index contributed by atoms with van der Waals surface area (Å²) >= 11 is 2.91. The third-order valence-electron chi connectivity index (χ3n) is 3.59. The van der Waals surface area contributed by atoms with Gasteiger partial charge in [-0.25, -0.2) is 4.98 Å². The van der Waals surface area contributed by atoms with Crippen molar-refractivity contribution in [3.8, 4) is 5.75 Å². The molecule has 132 valence electrons. The molecular weight excluding hydrogens is 358 g/mol. The highest BCUT2D eigenvalue weighted by molar-refractivity contribution is 7.99. The molecule has 0 saturated heterocycles. The summed E-state index contributed by atoms with van der Waals surface area (Å²) in [5.74, 6) is 1.89. The predicted octanol–water partition coefficient (Wildman–Crippen LogP) is 3.37. The molecule has 1 fully saturated rings. The molecule has 3 rings (SSSR count). The van der Waals surface area contributed by atoms with Crippen LogP contribution in [0.5, 0.6) is 5.75 Å². The van der Waals surface area contributed by atoms with Crippen molar-refractivity contribution < 1.29 is 14.3 Å². The van der Waals surface area contributed by atoms with Gasteiger partial charge in [-0.3, -0.25) is 9.59 Å². The van der Waals surface area contributed by atoms with Gasteiger partial charge < -0.3 is 15.4 Å². The van der Waals surface area contributed by atoms with Crippen LogP contribution in [0.25, 0.3) is 0 Å². The van der Waals surface area contributed by atoms with Crippen LogP contribution in [-0.2, 0) is 15.3 Å². The minimum Gasteiger partial charge on any atom is -0.497 e. The van der Waals surface area contributed by atoms with E-state index in [1.807, 2.05) is 5.38 Å². The molecule has 8 heteroatoms. The highest BCUT2D eigenvalue weighted by Gasteiger charge is 2.30. The molecule has 1 aromatic carbocycles. The zero-order chi connectivity index (χ0) is 17.6. The smallest absolute Gasteiger partial charge is 0.234 e. The van der Waals surface area contributed by atoms with Crippen LogP contribution in [0.3, 0.4) is 0 Å². The van der Waals surface area contributed by atoms with Gasteiger partial charge in [-0.05, 0) is 37.1 Å². The van der Waals surface area contributed by atoms with E-state index in [9.17, 15) is 9.59 Å². The fourth-order valence-electron chi connectivity index (χ4n) is 2.10. The quantitative estimate of drug-likeness (QED) is 0.737. The molecule has 1 saturated carbocycles. The lowest BCUT2D eigenvalue weighted by molar-refractivity contribution is -0.117. The van der Waals surface area contributed by atoms with Gasteiger partial charge in [0.2, 0.25) is 11.8 Å². The summed E-state index contributed by atoms with van der Waals surface area (Å²) in [6.45, 7) is 0. The highest BCUT2D eigenvalue weighted by Crippen LogP contribution is 2.30. The van der Waals surface area contributed by atoms with Crippen molar-refractivity contribution in [2.45, 2.75) is 18.6 Å². The van der Waals surface area contributed by atoms with Crippen LogP contribution < -0.4 is 15.4 Å². The molecule has 2 amide bonds. The molecule has 1 aliphatic carbocycles. The second-order valence-corrected chi connectivity index (χ2v) is 7.52. The summed E-state index contributed by atoms with van der Waals surface area (Å²) < 4.78 is 5.08. The average molecular weight is 377 g/mol. The van der Waals surface area contributed by atoms with Gasteiger partial charge in [0.25, 0.3) is 0 Å². The molecule has 0 unspecified atom stereocenters. The molecule has 0 atom stereocenters. The van der Waals surface area contributed by atoms with Gasteiger partial charge in [0.1, 0.15) is 5.75 Å². The monoisotopic (exact) mass is 377 g/mol. The van der Waals surface area contributed by atoms with Gasteiger partial charge >= 0.3 is 0 Å². The van der Waals surface area contributed by atoms with E-state index in [1.54, 1.807) is 31.4 Å². The summed E-state index contributed by atoms with van der Waals surface area (Å²) in [6, 6.07) is 7.21. The Morgan fingerprint density at radius 3 is 2.72 bits per heavy atom. The second-order valence-electron chi connectivity index (χ2n) is 5.68. The van der Waals surface area contributed by atoms with E-state index in [0.29, 0.717) is 16.6 Å². The lowest BCUT2D eigenvalue weighted by Crippen LogP contribution is -2.14. The van der Waals surface area contributed by atoms with Crippen molar-refractivity contribution in [1.82, 2.24) is 4.98 Å². The minimum absolute atomic E-state index is 0.0624. The number of anilines is 2. The van der Waals surface area contributed by atoms with Gasteiger partial charge in [-0.2, -0.15) is 0 Å². The number of rotatable bonds is 8. The summed E-state index contributed by atoms with van der Waals surface area (Å²) in [7, 11) is 1.60. The molecule has 1 aliphatic rings. The van der Waals surface area contributed by atoms with E-state index in [0.717, 1.165) is 30.0 Å². The van der Waals surface area contributed by atoms with Gasteiger partial charge in [-0.15, -0.1) is 23.1 Å². The molecule has 6 nitrogen and oxygen atoms in total. The average Bonchev–Trinajstić information content (AvgIpc) is 3.37. The molecule has 25 heavy (non-hydrogen) atoms. The first kappa shape index (κ1) is 17.8. The number of methoxy groups -OCH3 is 1. The highest BCUT2D eigenvalue weighted by atomic mass is 32.2. The van der Waals surface area contributed by atoms with Crippen LogP contribution in [0.4, 0.5) is 10.8 Å².